The van der Waals surface area contributed by atoms with Gasteiger partial charge in [-0.25, -0.2) is 4.98 Å². The lowest BCUT2D eigenvalue weighted by atomic mass is 10.0. The highest BCUT2D eigenvalue weighted by Crippen LogP contribution is 2.29. The Kier molecular flexibility index (Phi) is 4.96. The second kappa shape index (κ2) is 7.31. The average Bonchev–Trinajstić information content (AvgIpc) is 3.00. The molecule has 0 aliphatic rings. The minimum Gasteiger partial charge on any atom is -0.494 e. The molecule has 0 unspecified atom stereocenters. The molecule has 124 valence electrons. The maximum Gasteiger partial charge on any atom is 0.309 e. The highest BCUT2D eigenvalue weighted by Gasteiger charge is 2.10. The van der Waals surface area contributed by atoms with Crippen molar-refractivity contribution in [2.45, 2.75) is 19.9 Å². The van der Waals surface area contributed by atoms with Crippen molar-refractivity contribution in [2.24, 2.45) is 0 Å². The molecule has 0 saturated carbocycles. The minimum absolute atomic E-state index is 0.0589. The molecule has 5 nitrogen and oxygen atoms in total. The summed E-state index contributed by atoms with van der Waals surface area (Å²) in [7, 11) is 0. The Morgan fingerprint density at radius 1 is 1.29 bits per heavy atom. The number of carboxylic acids is 1. The van der Waals surface area contributed by atoms with E-state index < -0.39 is 5.97 Å². The molecule has 0 aliphatic heterocycles. The van der Waals surface area contributed by atoms with Crippen LogP contribution in [0.15, 0.2) is 41.8 Å². The number of carboxylic acid groups (broad SMARTS) is 1. The topological polar surface area (TPSA) is 71.5 Å². The molecule has 0 atom stereocenters. The summed E-state index contributed by atoms with van der Waals surface area (Å²) in [5, 5.41) is 16.9. The summed E-state index contributed by atoms with van der Waals surface area (Å²) < 4.78 is 5.76. The van der Waals surface area contributed by atoms with Crippen molar-refractivity contribution >= 4 is 33.2 Å². The van der Waals surface area contributed by atoms with Crippen LogP contribution in [0, 0.1) is 0 Å². The number of hydrogen-bond acceptors (Lipinski definition) is 5. The zero-order valence-electron chi connectivity index (χ0n) is 13.3. The van der Waals surface area contributed by atoms with Crippen LogP contribution in [0.2, 0.25) is 0 Å². The number of nitrogens with one attached hydrogen (secondary N) is 1. The van der Waals surface area contributed by atoms with Crippen molar-refractivity contribution in [1.29, 1.82) is 0 Å². The van der Waals surface area contributed by atoms with Gasteiger partial charge in [-0.2, -0.15) is 0 Å². The van der Waals surface area contributed by atoms with Crippen molar-refractivity contribution in [2.75, 3.05) is 11.9 Å². The highest BCUT2D eigenvalue weighted by molar-refractivity contribution is 7.13. The van der Waals surface area contributed by atoms with Crippen LogP contribution in [0.1, 0.15) is 18.2 Å². The maximum absolute atomic E-state index is 10.7. The number of fused-ring (bicyclic) bond motifs is 1. The third-order valence-corrected chi connectivity index (χ3v) is 4.45. The van der Waals surface area contributed by atoms with Gasteiger partial charge in [-0.3, -0.25) is 4.79 Å². The first-order valence-corrected chi connectivity index (χ1v) is 8.59. The van der Waals surface area contributed by atoms with Crippen LogP contribution in [0.25, 0.3) is 10.8 Å². The first-order valence-electron chi connectivity index (χ1n) is 7.71. The Bertz CT molecular complexity index is 860. The number of aromatic nitrogens is 1. The van der Waals surface area contributed by atoms with Gasteiger partial charge >= 0.3 is 5.97 Å². The van der Waals surface area contributed by atoms with Crippen LogP contribution in [0.3, 0.4) is 0 Å². The van der Waals surface area contributed by atoms with E-state index in [2.05, 4.69) is 28.5 Å². The van der Waals surface area contributed by atoms with E-state index in [9.17, 15) is 4.79 Å². The molecular weight excluding hydrogens is 324 g/mol. The van der Waals surface area contributed by atoms with E-state index in [0.29, 0.717) is 24.0 Å². The fraction of sp³-hybridized carbons (Fsp3) is 0.222. The summed E-state index contributed by atoms with van der Waals surface area (Å²) in [6.45, 7) is 3.13. The first-order chi connectivity index (χ1) is 11.7. The van der Waals surface area contributed by atoms with Crippen molar-refractivity contribution in [3.05, 3.63) is 53.0 Å². The van der Waals surface area contributed by atoms with Crippen molar-refractivity contribution in [3.63, 3.8) is 0 Å². The molecule has 1 heterocycles. The summed E-state index contributed by atoms with van der Waals surface area (Å²) in [5.74, 6) is -0.0226. The minimum atomic E-state index is -0.875. The van der Waals surface area contributed by atoms with Crippen LogP contribution < -0.4 is 10.1 Å². The second-order valence-corrected chi connectivity index (χ2v) is 6.12. The second-order valence-electron chi connectivity index (χ2n) is 5.26. The Hall–Kier alpha value is -2.60. The van der Waals surface area contributed by atoms with Gasteiger partial charge in [-0.05, 0) is 23.8 Å². The van der Waals surface area contributed by atoms with E-state index in [0.717, 1.165) is 22.1 Å². The number of thiazole rings is 1. The highest BCUT2D eigenvalue weighted by atomic mass is 32.1. The Labute approximate surface area is 143 Å². The zero-order chi connectivity index (χ0) is 16.9. The lowest BCUT2D eigenvalue weighted by Gasteiger charge is -2.14. The van der Waals surface area contributed by atoms with Gasteiger partial charge in [0.15, 0.2) is 5.13 Å². The van der Waals surface area contributed by atoms with Crippen molar-refractivity contribution in [1.82, 2.24) is 4.98 Å². The Morgan fingerprint density at radius 2 is 2.12 bits per heavy atom. The van der Waals surface area contributed by atoms with Gasteiger partial charge in [-0.1, -0.05) is 30.3 Å². The predicted molar refractivity (Wildman–Crippen MR) is 95.9 cm³/mol. The molecule has 0 amide bonds. The number of aliphatic carboxylic acids is 1. The fourth-order valence-electron chi connectivity index (χ4n) is 2.58. The van der Waals surface area contributed by atoms with Crippen LogP contribution in [-0.2, 0) is 17.8 Å². The van der Waals surface area contributed by atoms with Crippen LogP contribution in [0.4, 0.5) is 5.13 Å². The predicted octanol–water partition coefficient (Wildman–Crippen LogP) is 3.93. The molecule has 0 saturated heterocycles. The van der Waals surface area contributed by atoms with Gasteiger partial charge in [0.25, 0.3) is 0 Å². The van der Waals surface area contributed by atoms with E-state index in [1.165, 1.54) is 11.3 Å². The van der Waals surface area contributed by atoms with E-state index in [1.54, 1.807) is 5.38 Å². The van der Waals surface area contributed by atoms with E-state index in [4.69, 9.17) is 9.84 Å². The SMILES string of the molecule is CCOc1ccc2ccccc2c1CNc1nc(CC(=O)O)cs1. The molecule has 3 rings (SSSR count). The Morgan fingerprint density at radius 3 is 2.92 bits per heavy atom. The van der Waals surface area contributed by atoms with Crippen molar-refractivity contribution in [3.8, 4) is 5.75 Å². The summed E-state index contributed by atoms with van der Waals surface area (Å²) in [6, 6.07) is 12.2. The molecule has 24 heavy (non-hydrogen) atoms. The normalized spacial score (nSPS) is 10.7. The van der Waals surface area contributed by atoms with Gasteiger partial charge < -0.3 is 15.2 Å². The maximum atomic E-state index is 10.7. The lowest BCUT2D eigenvalue weighted by Crippen LogP contribution is -2.05. The zero-order valence-corrected chi connectivity index (χ0v) is 14.1. The number of carbonyl (C=O) groups is 1. The largest absolute Gasteiger partial charge is 0.494 e. The number of nitrogens with zero attached hydrogens (tertiary/aromatic N) is 1. The summed E-state index contributed by atoms with van der Waals surface area (Å²) in [4.78, 5) is 15.1. The third kappa shape index (κ3) is 3.65. The number of hydrogen-bond donors (Lipinski definition) is 2. The number of rotatable bonds is 7. The molecule has 3 aromatic rings. The monoisotopic (exact) mass is 342 g/mol. The van der Waals surface area contributed by atoms with Crippen LogP contribution in [-0.4, -0.2) is 22.7 Å². The molecular formula is C18H18N2O3S. The molecule has 0 bridgehead atoms. The van der Waals surface area contributed by atoms with Gasteiger partial charge in [-0.15, -0.1) is 11.3 Å². The fourth-order valence-corrected chi connectivity index (χ4v) is 3.29. The molecule has 2 aromatic carbocycles. The van der Waals surface area contributed by atoms with E-state index in [-0.39, 0.29) is 6.42 Å². The van der Waals surface area contributed by atoms with Gasteiger partial charge in [0.1, 0.15) is 5.75 Å². The molecule has 0 fully saturated rings. The molecule has 0 aliphatic carbocycles. The molecule has 2 N–H and O–H groups in total. The quantitative estimate of drug-likeness (QED) is 0.680. The van der Waals surface area contributed by atoms with Gasteiger partial charge in [0.2, 0.25) is 0 Å². The summed E-state index contributed by atoms with van der Waals surface area (Å²) in [6.07, 6.45) is -0.0589. The van der Waals surface area contributed by atoms with Gasteiger partial charge in [0.05, 0.1) is 18.7 Å². The third-order valence-electron chi connectivity index (χ3n) is 3.60. The summed E-state index contributed by atoms with van der Waals surface area (Å²) >= 11 is 1.41. The Balaban J connectivity index is 1.84. The van der Waals surface area contributed by atoms with Crippen molar-refractivity contribution < 1.29 is 14.6 Å². The number of benzene rings is 2. The number of ether oxygens (including phenoxy) is 1. The van der Waals surface area contributed by atoms with Crippen LogP contribution in [0.5, 0.6) is 5.75 Å². The van der Waals surface area contributed by atoms with E-state index in [1.807, 2.05) is 25.1 Å². The van der Waals surface area contributed by atoms with Gasteiger partial charge in [0, 0.05) is 17.5 Å². The molecule has 0 radical (unpaired) electrons. The first kappa shape index (κ1) is 16.3. The molecule has 0 spiro atoms. The smallest absolute Gasteiger partial charge is 0.309 e. The standard InChI is InChI=1S/C18H18N2O3S/c1-2-23-16-8-7-12-5-3-4-6-14(12)15(16)10-19-18-20-13(11-24-18)9-17(21)22/h3-8,11H,2,9-10H2,1H3,(H,19,20)(H,21,22). The molecule has 6 heteroatoms. The average molecular weight is 342 g/mol. The number of anilines is 1. The van der Waals surface area contributed by atoms with Crippen LogP contribution >= 0.6 is 11.3 Å². The molecule has 1 aromatic heterocycles. The summed E-state index contributed by atoms with van der Waals surface area (Å²) in [5.41, 5.74) is 1.64. The van der Waals surface area contributed by atoms with E-state index >= 15 is 0 Å². The lowest BCUT2D eigenvalue weighted by molar-refractivity contribution is -0.136.